The van der Waals surface area contributed by atoms with Crippen LogP contribution in [0.3, 0.4) is 0 Å². The van der Waals surface area contributed by atoms with Gasteiger partial charge in [0.2, 0.25) is 0 Å². The van der Waals surface area contributed by atoms with Gasteiger partial charge in [0.25, 0.3) is 0 Å². The number of nitriles is 1. The van der Waals surface area contributed by atoms with Gasteiger partial charge in [0.1, 0.15) is 0 Å². The van der Waals surface area contributed by atoms with Crippen molar-refractivity contribution >= 4 is 10.8 Å². The molecule has 222 valence electrons. The average molecular weight is 596 g/mol. The lowest BCUT2D eigenvalue weighted by Gasteiger charge is -2.57. The molecule has 0 spiro atoms. The number of benzene rings is 4. The summed E-state index contributed by atoms with van der Waals surface area (Å²) in [5.74, 6) is 4.59. The molecule has 5 heteroatoms. The predicted molar refractivity (Wildman–Crippen MR) is 181 cm³/mol. The Hall–Kier alpha value is -5.21. The van der Waals surface area contributed by atoms with Gasteiger partial charge in [-0.2, -0.15) is 5.26 Å². The minimum absolute atomic E-state index is 0.345. The van der Waals surface area contributed by atoms with E-state index in [-0.39, 0.29) is 0 Å². The fourth-order valence-electron chi connectivity index (χ4n) is 9.18. The van der Waals surface area contributed by atoms with E-state index in [1.807, 2.05) is 67.0 Å². The van der Waals surface area contributed by atoms with Crippen molar-refractivity contribution in [3.05, 3.63) is 121 Å². The summed E-state index contributed by atoms with van der Waals surface area (Å²) in [7, 11) is 0. The molecule has 0 N–H and O–H groups in total. The standard InChI is InChI=1S/C41H33N5/c42-25-33-6-2-8-36-35(33)7-3-9-37(36)40-45-38(44-39(46-40)32-5-1-4-31(21-32)29-14-16-43-17-15-29)30-10-12-34(13-11-30)41-22-26-18-27(23-41)20-28(19-26)24-41/h1-17,21,26-28H,18-20,22-24H2/t26-,27-,28-,41?. The first-order valence-corrected chi connectivity index (χ1v) is 16.4. The van der Waals surface area contributed by atoms with E-state index in [1.165, 1.54) is 44.1 Å². The van der Waals surface area contributed by atoms with E-state index >= 15 is 0 Å². The van der Waals surface area contributed by atoms with Gasteiger partial charge in [0.05, 0.1) is 11.6 Å². The van der Waals surface area contributed by atoms with Crippen molar-refractivity contribution in [1.29, 1.82) is 5.26 Å². The Morgan fingerprint density at radius 1 is 0.565 bits per heavy atom. The predicted octanol–water partition coefficient (Wildman–Crippen LogP) is 9.43. The molecule has 0 atom stereocenters. The van der Waals surface area contributed by atoms with Crippen LogP contribution < -0.4 is 0 Å². The minimum atomic E-state index is 0.345. The lowest BCUT2D eigenvalue weighted by atomic mass is 9.48. The van der Waals surface area contributed by atoms with Gasteiger partial charge in [-0.25, -0.2) is 15.0 Å². The molecule has 2 aromatic heterocycles. The van der Waals surface area contributed by atoms with E-state index in [2.05, 4.69) is 53.5 Å². The van der Waals surface area contributed by atoms with Crippen LogP contribution in [0.5, 0.6) is 0 Å². The second kappa shape index (κ2) is 10.7. The van der Waals surface area contributed by atoms with E-state index in [9.17, 15) is 5.26 Å². The van der Waals surface area contributed by atoms with Gasteiger partial charge in [-0.1, -0.05) is 72.8 Å². The van der Waals surface area contributed by atoms with Crippen LogP contribution in [0.4, 0.5) is 0 Å². The summed E-state index contributed by atoms with van der Waals surface area (Å²) >= 11 is 0. The first-order chi connectivity index (χ1) is 22.6. The average Bonchev–Trinajstić information content (AvgIpc) is 3.11. The van der Waals surface area contributed by atoms with Gasteiger partial charge in [0, 0.05) is 34.5 Å². The lowest BCUT2D eigenvalue weighted by molar-refractivity contribution is -0.00518. The van der Waals surface area contributed by atoms with Crippen LogP contribution in [0.2, 0.25) is 0 Å². The number of aromatic nitrogens is 4. The normalized spacial score (nSPS) is 23.0. The molecule has 6 aromatic rings. The van der Waals surface area contributed by atoms with Crippen LogP contribution in [0.1, 0.15) is 49.7 Å². The van der Waals surface area contributed by atoms with Crippen molar-refractivity contribution in [1.82, 2.24) is 19.9 Å². The Labute approximate surface area is 269 Å². The molecule has 4 saturated carbocycles. The largest absolute Gasteiger partial charge is 0.265 e. The smallest absolute Gasteiger partial charge is 0.164 e. The van der Waals surface area contributed by atoms with Crippen LogP contribution in [0, 0.1) is 29.1 Å². The summed E-state index contributed by atoms with van der Waals surface area (Å²) in [4.78, 5) is 19.4. The molecule has 46 heavy (non-hydrogen) atoms. The molecule has 4 aliphatic carbocycles. The zero-order valence-electron chi connectivity index (χ0n) is 25.6. The maximum atomic E-state index is 9.80. The number of hydrogen-bond acceptors (Lipinski definition) is 5. The summed E-state index contributed by atoms with van der Waals surface area (Å²) in [5, 5.41) is 11.6. The van der Waals surface area contributed by atoms with Crippen molar-refractivity contribution in [2.45, 2.75) is 43.9 Å². The Morgan fingerprint density at radius 3 is 1.89 bits per heavy atom. The van der Waals surface area contributed by atoms with Crippen LogP contribution in [-0.4, -0.2) is 19.9 Å². The summed E-state index contributed by atoms with van der Waals surface area (Å²) in [5.41, 5.74) is 7.43. The quantitative estimate of drug-likeness (QED) is 0.198. The molecule has 0 radical (unpaired) electrons. The molecule has 4 aromatic carbocycles. The first kappa shape index (κ1) is 27.1. The van der Waals surface area contributed by atoms with Gasteiger partial charge in [-0.3, -0.25) is 4.98 Å². The third kappa shape index (κ3) is 4.60. The molecule has 4 bridgehead atoms. The molecule has 4 fully saturated rings. The molecular weight excluding hydrogens is 562 g/mol. The highest BCUT2D eigenvalue weighted by molar-refractivity contribution is 5.98. The second-order valence-electron chi connectivity index (χ2n) is 13.7. The Balaban J connectivity index is 1.17. The fraction of sp³-hybridized carbons (Fsp3) is 0.244. The van der Waals surface area contributed by atoms with Crippen LogP contribution >= 0.6 is 0 Å². The highest BCUT2D eigenvalue weighted by atomic mass is 15.0. The molecular formula is C41H33N5. The Kier molecular flexibility index (Phi) is 6.31. The Bertz CT molecular complexity index is 2110. The van der Waals surface area contributed by atoms with E-state index < -0.39 is 0 Å². The van der Waals surface area contributed by atoms with Crippen molar-refractivity contribution in [3.8, 4) is 51.4 Å². The summed E-state index contributed by atoms with van der Waals surface area (Å²) in [6.07, 6.45) is 12.0. The monoisotopic (exact) mass is 595 g/mol. The third-order valence-corrected chi connectivity index (χ3v) is 10.8. The molecule has 2 heterocycles. The van der Waals surface area contributed by atoms with Gasteiger partial charge < -0.3 is 0 Å². The molecule has 0 amide bonds. The van der Waals surface area contributed by atoms with Crippen molar-refractivity contribution < 1.29 is 0 Å². The maximum absolute atomic E-state index is 9.80. The summed E-state index contributed by atoms with van der Waals surface area (Å²) < 4.78 is 0. The van der Waals surface area contributed by atoms with E-state index in [1.54, 1.807) is 0 Å². The van der Waals surface area contributed by atoms with Crippen LogP contribution in [-0.2, 0) is 5.41 Å². The first-order valence-electron chi connectivity index (χ1n) is 16.4. The Morgan fingerprint density at radius 2 is 1.17 bits per heavy atom. The number of nitrogens with zero attached hydrogens (tertiary/aromatic N) is 5. The minimum Gasteiger partial charge on any atom is -0.265 e. The van der Waals surface area contributed by atoms with Crippen LogP contribution in [0.25, 0.3) is 56.1 Å². The topological polar surface area (TPSA) is 75.3 Å². The highest BCUT2D eigenvalue weighted by Gasteiger charge is 2.51. The van der Waals surface area contributed by atoms with Gasteiger partial charge >= 0.3 is 0 Å². The van der Waals surface area contributed by atoms with E-state index in [0.29, 0.717) is 28.5 Å². The number of rotatable bonds is 5. The van der Waals surface area contributed by atoms with Gasteiger partial charge in [-0.15, -0.1) is 0 Å². The lowest BCUT2D eigenvalue weighted by Crippen LogP contribution is -2.48. The van der Waals surface area contributed by atoms with Crippen molar-refractivity contribution in [2.75, 3.05) is 0 Å². The highest BCUT2D eigenvalue weighted by Crippen LogP contribution is 2.60. The zero-order chi connectivity index (χ0) is 30.7. The zero-order valence-corrected chi connectivity index (χ0v) is 25.6. The maximum Gasteiger partial charge on any atom is 0.164 e. The molecule has 10 rings (SSSR count). The molecule has 0 saturated heterocycles. The molecule has 4 aliphatic rings. The number of pyridine rings is 1. The van der Waals surface area contributed by atoms with E-state index in [0.717, 1.165) is 56.3 Å². The van der Waals surface area contributed by atoms with E-state index in [4.69, 9.17) is 15.0 Å². The number of hydrogen-bond donors (Lipinski definition) is 0. The molecule has 0 aliphatic heterocycles. The molecule has 5 nitrogen and oxygen atoms in total. The van der Waals surface area contributed by atoms with Crippen molar-refractivity contribution in [2.24, 2.45) is 17.8 Å². The van der Waals surface area contributed by atoms with Crippen LogP contribution in [0.15, 0.2) is 109 Å². The second-order valence-corrected chi connectivity index (χ2v) is 13.7. The summed E-state index contributed by atoms with van der Waals surface area (Å²) in [6, 6.07) is 35.7. The third-order valence-electron chi connectivity index (χ3n) is 10.8. The van der Waals surface area contributed by atoms with Gasteiger partial charge in [0.15, 0.2) is 17.5 Å². The SMILES string of the molecule is N#Cc1cccc2c(-c3nc(-c4ccc(C56C[C@H]7C[C@H](C5)C[C@@H](C6)C7)cc4)nc(-c4cccc(-c5ccncc5)c4)n3)cccc12. The molecule has 0 unspecified atom stereocenters. The van der Waals surface area contributed by atoms with Gasteiger partial charge in [-0.05, 0) is 108 Å². The van der Waals surface area contributed by atoms with Crippen molar-refractivity contribution in [3.63, 3.8) is 0 Å². The summed E-state index contributed by atoms with van der Waals surface area (Å²) in [6.45, 7) is 0. The fourth-order valence-corrected chi connectivity index (χ4v) is 9.18. The number of fused-ring (bicyclic) bond motifs is 1.